The van der Waals surface area contributed by atoms with Crippen molar-refractivity contribution < 1.29 is 27.8 Å². The van der Waals surface area contributed by atoms with Gasteiger partial charge in [-0.1, -0.05) is 0 Å². The van der Waals surface area contributed by atoms with Crippen LogP contribution in [-0.4, -0.2) is 42.3 Å². The number of ether oxygens (including phenoxy) is 2. The molecule has 0 bridgehead atoms. The number of halogens is 2. The number of methoxy groups -OCH3 is 1. The van der Waals surface area contributed by atoms with Crippen LogP contribution in [0, 0.1) is 17.6 Å². The van der Waals surface area contributed by atoms with Crippen LogP contribution in [0.1, 0.15) is 39.2 Å². The van der Waals surface area contributed by atoms with Gasteiger partial charge in [0.25, 0.3) is 0 Å². The number of amides is 1. The Hall–Kier alpha value is -2.18. The van der Waals surface area contributed by atoms with E-state index < -0.39 is 40.8 Å². The fourth-order valence-electron chi connectivity index (χ4n) is 3.96. The molecule has 1 unspecified atom stereocenters. The zero-order chi connectivity index (χ0) is 19.3. The van der Waals surface area contributed by atoms with E-state index >= 15 is 0 Å². The van der Waals surface area contributed by atoms with E-state index in [1.165, 1.54) is 18.1 Å². The zero-order valence-electron chi connectivity index (χ0n) is 15.3. The van der Waals surface area contributed by atoms with Gasteiger partial charge in [-0.25, -0.2) is 13.6 Å². The highest BCUT2D eigenvalue weighted by Crippen LogP contribution is 2.63. The molecule has 1 saturated heterocycles. The Kier molecular flexibility index (Phi) is 4.45. The number of fused-ring (bicyclic) bond motifs is 1. The van der Waals surface area contributed by atoms with E-state index in [4.69, 9.17) is 9.47 Å². The van der Waals surface area contributed by atoms with Crippen LogP contribution < -0.4 is 0 Å². The summed E-state index contributed by atoms with van der Waals surface area (Å²) in [5.41, 5.74) is -1.12. The van der Waals surface area contributed by atoms with E-state index in [0.717, 1.165) is 12.1 Å². The van der Waals surface area contributed by atoms with Crippen molar-refractivity contribution in [3.63, 3.8) is 0 Å². The highest BCUT2D eigenvalue weighted by Gasteiger charge is 2.68. The summed E-state index contributed by atoms with van der Waals surface area (Å²) in [5.74, 6) is -1.62. The average molecular weight is 367 g/mol. The van der Waals surface area contributed by atoms with Gasteiger partial charge >= 0.3 is 12.1 Å². The second-order valence-corrected chi connectivity index (χ2v) is 8.05. The Bertz CT molecular complexity index is 746. The lowest BCUT2D eigenvalue weighted by Crippen LogP contribution is -2.43. The first-order valence-corrected chi connectivity index (χ1v) is 8.59. The molecule has 3 rings (SSSR count). The van der Waals surface area contributed by atoms with Crippen molar-refractivity contribution in [3.8, 4) is 0 Å². The first-order valence-electron chi connectivity index (χ1n) is 8.59. The molecule has 0 spiro atoms. The Balaban J connectivity index is 1.91. The summed E-state index contributed by atoms with van der Waals surface area (Å²) in [4.78, 5) is 25.9. The fraction of sp³-hybridized carbons (Fsp3) is 0.579. The molecule has 1 aliphatic carbocycles. The summed E-state index contributed by atoms with van der Waals surface area (Å²) in [6, 6.07) is 2.89. The molecule has 0 N–H and O–H groups in total. The van der Waals surface area contributed by atoms with Gasteiger partial charge in [0, 0.05) is 18.0 Å². The molecule has 1 saturated carbocycles. The lowest BCUT2D eigenvalue weighted by atomic mass is 9.93. The number of piperidine rings is 1. The maximum Gasteiger partial charge on any atom is 0.410 e. The third-order valence-electron chi connectivity index (χ3n) is 5.15. The third-order valence-corrected chi connectivity index (χ3v) is 5.15. The second kappa shape index (κ2) is 6.21. The molecule has 1 aromatic carbocycles. The van der Waals surface area contributed by atoms with Gasteiger partial charge in [-0.3, -0.25) is 4.79 Å². The fourth-order valence-corrected chi connectivity index (χ4v) is 3.96. The SMILES string of the molecule is COC(=O)CC1[C@@H]2C[C@]2(c2cc(F)ccc2F)CN1C(=O)OC(C)(C)C. The van der Waals surface area contributed by atoms with Crippen LogP contribution in [0.2, 0.25) is 0 Å². The molecule has 0 radical (unpaired) electrons. The van der Waals surface area contributed by atoms with Gasteiger partial charge in [-0.2, -0.15) is 0 Å². The summed E-state index contributed by atoms with van der Waals surface area (Å²) in [5, 5.41) is 0. The van der Waals surface area contributed by atoms with Crippen molar-refractivity contribution in [2.45, 2.75) is 50.7 Å². The Labute approximate surface area is 151 Å². The molecule has 1 aromatic rings. The van der Waals surface area contributed by atoms with Gasteiger partial charge < -0.3 is 14.4 Å². The molecule has 1 aliphatic heterocycles. The number of likely N-dealkylation sites (tertiary alicyclic amines) is 1. The van der Waals surface area contributed by atoms with E-state index in [2.05, 4.69) is 0 Å². The van der Waals surface area contributed by atoms with Gasteiger partial charge in [-0.05, 0) is 56.9 Å². The van der Waals surface area contributed by atoms with Gasteiger partial charge in [0.15, 0.2) is 0 Å². The molecule has 1 amide bonds. The molecule has 1 heterocycles. The molecule has 2 aliphatic rings. The number of rotatable bonds is 3. The number of esters is 1. The van der Waals surface area contributed by atoms with Crippen LogP contribution in [0.3, 0.4) is 0 Å². The molecule has 26 heavy (non-hydrogen) atoms. The molecule has 2 fully saturated rings. The predicted molar refractivity (Wildman–Crippen MR) is 89.5 cm³/mol. The number of hydrogen-bond donors (Lipinski definition) is 0. The van der Waals surface area contributed by atoms with Crippen molar-refractivity contribution in [2.24, 2.45) is 5.92 Å². The van der Waals surface area contributed by atoms with Crippen LogP contribution in [0.15, 0.2) is 18.2 Å². The number of nitrogens with zero attached hydrogens (tertiary/aromatic N) is 1. The third kappa shape index (κ3) is 3.27. The molecule has 3 atom stereocenters. The van der Waals surface area contributed by atoms with Gasteiger partial charge in [-0.15, -0.1) is 0 Å². The predicted octanol–water partition coefficient (Wildman–Crippen LogP) is 3.40. The maximum absolute atomic E-state index is 14.4. The number of carbonyl (C=O) groups excluding carboxylic acids is 2. The standard InChI is InChI=1S/C19H23F2NO4/c1-18(2,3)26-17(24)22-10-19(12-7-11(20)5-6-14(12)21)9-13(19)15(22)8-16(23)25-4/h5-7,13,15H,8-10H2,1-4H3/t13-,15?,19+/m0/s1. The highest BCUT2D eigenvalue weighted by atomic mass is 19.1. The normalized spacial score (nSPS) is 27.1. The van der Waals surface area contributed by atoms with Gasteiger partial charge in [0.2, 0.25) is 0 Å². The summed E-state index contributed by atoms with van der Waals surface area (Å²) >= 11 is 0. The van der Waals surface area contributed by atoms with E-state index in [9.17, 15) is 18.4 Å². The van der Waals surface area contributed by atoms with E-state index in [-0.39, 0.29) is 24.4 Å². The average Bonchev–Trinajstić information content (AvgIpc) is 3.18. The minimum atomic E-state index is -0.697. The first kappa shape index (κ1) is 18.6. The lowest BCUT2D eigenvalue weighted by molar-refractivity contribution is -0.141. The van der Waals surface area contributed by atoms with E-state index in [1.807, 2.05) is 0 Å². The van der Waals surface area contributed by atoms with Gasteiger partial charge in [0.1, 0.15) is 17.2 Å². The largest absolute Gasteiger partial charge is 0.469 e. The van der Waals surface area contributed by atoms with Gasteiger partial charge in [0.05, 0.1) is 13.5 Å². The minimum absolute atomic E-state index is 0.000899. The molecule has 7 heteroatoms. The number of hydrogen-bond acceptors (Lipinski definition) is 4. The van der Waals surface area contributed by atoms with Crippen molar-refractivity contribution in [1.82, 2.24) is 4.90 Å². The molecule has 142 valence electrons. The summed E-state index contributed by atoms with van der Waals surface area (Å²) in [6.45, 7) is 5.44. The van der Waals surface area contributed by atoms with Crippen LogP contribution in [0.25, 0.3) is 0 Å². The van der Waals surface area contributed by atoms with Crippen LogP contribution in [0.5, 0.6) is 0 Å². The summed E-state index contributed by atoms with van der Waals surface area (Å²) in [7, 11) is 1.28. The summed E-state index contributed by atoms with van der Waals surface area (Å²) in [6.07, 6.45) is 0.0303. The van der Waals surface area contributed by atoms with Crippen molar-refractivity contribution in [3.05, 3.63) is 35.4 Å². The van der Waals surface area contributed by atoms with E-state index in [0.29, 0.717) is 6.42 Å². The van der Waals surface area contributed by atoms with Crippen molar-refractivity contribution in [2.75, 3.05) is 13.7 Å². The molecule has 5 nitrogen and oxygen atoms in total. The molecular weight excluding hydrogens is 344 g/mol. The van der Waals surface area contributed by atoms with Crippen molar-refractivity contribution in [1.29, 1.82) is 0 Å². The molecule has 0 aromatic heterocycles. The Morgan fingerprint density at radius 3 is 2.62 bits per heavy atom. The maximum atomic E-state index is 14.4. The van der Waals surface area contributed by atoms with Crippen LogP contribution in [0.4, 0.5) is 13.6 Å². The smallest absolute Gasteiger partial charge is 0.410 e. The number of carbonyl (C=O) groups is 2. The second-order valence-electron chi connectivity index (χ2n) is 8.05. The Morgan fingerprint density at radius 2 is 2.00 bits per heavy atom. The van der Waals surface area contributed by atoms with Crippen LogP contribution >= 0.6 is 0 Å². The Morgan fingerprint density at radius 1 is 1.31 bits per heavy atom. The van der Waals surface area contributed by atoms with Crippen molar-refractivity contribution >= 4 is 12.1 Å². The number of benzene rings is 1. The van der Waals surface area contributed by atoms with E-state index in [1.54, 1.807) is 20.8 Å². The zero-order valence-corrected chi connectivity index (χ0v) is 15.3. The summed E-state index contributed by atoms with van der Waals surface area (Å²) < 4.78 is 38.2. The topological polar surface area (TPSA) is 55.8 Å². The first-order chi connectivity index (χ1) is 12.1. The highest BCUT2D eigenvalue weighted by molar-refractivity contribution is 5.75. The lowest BCUT2D eigenvalue weighted by Gasteiger charge is -2.30. The van der Waals surface area contributed by atoms with Crippen LogP contribution in [-0.2, 0) is 19.7 Å². The quantitative estimate of drug-likeness (QED) is 0.769. The molecular formula is C19H23F2NO4. The minimum Gasteiger partial charge on any atom is -0.469 e. The monoisotopic (exact) mass is 367 g/mol.